The molecule has 0 aliphatic carbocycles. The summed E-state index contributed by atoms with van der Waals surface area (Å²) < 4.78 is 9.92. The van der Waals surface area contributed by atoms with Gasteiger partial charge in [-0.25, -0.2) is 4.98 Å². The number of hydrogen-bond donors (Lipinski definition) is 1. The van der Waals surface area contributed by atoms with Gasteiger partial charge in [0.25, 0.3) is 0 Å². The van der Waals surface area contributed by atoms with Gasteiger partial charge in [0.15, 0.2) is 0 Å². The van der Waals surface area contributed by atoms with E-state index in [1.54, 1.807) is 0 Å². The van der Waals surface area contributed by atoms with Crippen molar-refractivity contribution in [2.75, 3.05) is 11.9 Å². The Hall–Kier alpha value is -1.46. The van der Waals surface area contributed by atoms with Gasteiger partial charge in [0.05, 0.1) is 6.61 Å². The molecule has 0 spiro atoms. The first kappa shape index (κ1) is 15.9. The van der Waals surface area contributed by atoms with Gasteiger partial charge in [-0.2, -0.15) is 4.37 Å². The summed E-state index contributed by atoms with van der Waals surface area (Å²) in [6, 6.07) is 8.31. The maximum atomic E-state index is 5.51. The van der Waals surface area contributed by atoms with Crippen LogP contribution in [0.25, 0.3) is 0 Å². The van der Waals surface area contributed by atoms with Gasteiger partial charge in [0.2, 0.25) is 5.13 Å². The highest BCUT2D eigenvalue weighted by molar-refractivity contribution is 7.09. The van der Waals surface area contributed by atoms with E-state index >= 15 is 0 Å². The highest BCUT2D eigenvalue weighted by Crippen LogP contribution is 2.23. The maximum absolute atomic E-state index is 5.51. The van der Waals surface area contributed by atoms with Crippen LogP contribution >= 0.6 is 11.5 Å². The van der Waals surface area contributed by atoms with E-state index in [1.807, 2.05) is 19.1 Å². The fourth-order valence-electron chi connectivity index (χ4n) is 1.85. The summed E-state index contributed by atoms with van der Waals surface area (Å²) in [6.45, 7) is 10.5. The molecule has 1 N–H and O–H groups in total. The Bertz CT molecular complexity index is 575. The molecule has 0 aliphatic heterocycles. The molecule has 2 rings (SSSR count). The Balaban J connectivity index is 2.01. The summed E-state index contributed by atoms with van der Waals surface area (Å²) in [6.07, 6.45) is 0. The van der Waals surface area contributed by atoms with Gasteiger partial charge < -0.3 is 10.1 Å². The molecule has 0 aliphatic rings. The van der Waals surface area contributed by atoms with Gasteiger partial charge >= 0.3 is 0 Å². The van der Waals surface area contributed by atoms with Crippen LogP contribution in [0.15, 0.2) is 24.3 Å². The second-order valence-corrected chi connectivity index (χ2v) is 6.68. The minimum absolute atomic E-state index is 0.0106. The molecule has 114 valence electrons. The van der Waals surface area contributed by atoms with Crippen molar-refractivity contribution >= 4 is 16.7 Å². The van der Waals surface area contributed by atoms with Crippen molar-refractivity contribution in [3.05, 3.63) is 41.2 Å². The Morgan fingerprint density at radius 1 is 1.19 bits per heavy atom. The summed E-state index contributed by atoms with van der Waals surface area (Å²) in [5.41, 5.74) is 2.44. The smallest absolute Gasteiger partial charge is 0.202 e. The summed E-state index contributed by atoms with van der Waals surface area (Å²) in [4.78, 5) is 4.55. The van der Waals surface area contributed by atoms with Gasteiger partial charge in [-0.15, -0.1) is 0 Å². The summed E-state index contributed by atoms with van der Waals surface area (Å²) in [5.74, 6) is 0.887. The Morgan fingerprint density at radius 2 is 1.90 bits per heavy atom. The molecule has 1 aromatic carbocycles. The normalized spacial score (nSPS) is 11.6. The summed E-state index contributed by atoms with van der Waals surface area (Å²) in [5, 5.41) is 4.23. The zero-order chi connectivity index (χ0) is 15.3. The highest BCUT2D eigenvalue weighted by atomic mass is 32.1. The van der Waals surface area contributed by atoms with Crippen molar-refractivity contribution in [1.82, 2.24) is 9.36 Å². The molecule has 0 radical (unpaired) electrons. The monoisotopic (exact) mass is 305 g/mol. The average molecular weight is 305 g/mol. The van der Waals surface area contributed by atoms with Gasteiger partial charge in [0, 0.05) is 30.1 Å². The van der Waals surface area contributed by atoms with Crippen LogP contribution in [0, 0.1) is 0 Å². The fraction of sp³-hybridized carbons (Fsp3) is 0.500. The van der Waals surface area contributed by atoms with Gasteiger partial charge in [-0.05, 0) is 18.1 Å². The third-order valence-electron chi connectivity index (χ3n) is 3.11. The predicted molar refractivity (Wildman–Crippen MR) is 87.7 cm³/mol. The number of aromatic nitrogens is 2. The SMILES string of the molecule is CCOCc1ccccc1CNc1nc(C(C)(C)C)ns1. The van der Waals surface area contributed by atoms with Crippen LogP contribution in [0.2, 0.25) is 0 Å². The lowest BCUT2D eigenvalue weighted by molar-refractivity contribution is 0.133. The van der Waals surface area contributed by atoms with E-state index in [-0.39, 0.29) is 5.41 Å². The number of rotatable bonds is 6. The lowest BCUT2D eigenvalue weighted by atomic mass is 9.96. The molecule has 0 unspecified atom stereocenters. The third-order valence-corrected chi connectivity index (χ3v) is 3.78. The molecule has 5 heteroatoms. The molecule has 1 heterocycles. The van der Waals surface area contributed by atoms with Crippen molar-refractivity contribution in [1.29, 1.82) is 0 Å². The standard InChI is InChI=1S/C16H23N3OS/c1-5-20-11-13-9-7-6-8-12(13)10-17-15-18-14(19-21-15)16(2,3)4/h6-9H,5,10-11H2,1-4H3,(H,17,18,19). The Morgan fingerprint density at radius 3 is 2.52 bits per heavy atom. The summed E-state index contributed by atoms with van der Waals surface area (Å²) >= 11 is 1.42. The van der Waals surface area contributed by atoms with Crippen LogP contribution < -0.4 is 5.32 Å². The molecular formula is C16H23N3OS. The number of hydrogen-bond acceptors (Lipinski definition) is 5. The first-order valence-corrected chi connectivity index (χ1v) is 8.00. The van der Waals surface area contributed by atoms with E-state index in [0.29, 0.717) is 6.61 Å². The van der Waals surface area contributed by atoms with E-state index in [0.717, 1.165) is 24.1 Å². The van der Waals surface area contributed by atoms with E-state index in [4.69, 9.17) is 4.74 Å². The average Bonchev–Trinajstić information content (AvgIpc) is 2.92. The predicted octanol–water partition coefficient (Wildman–Crippen LogP) is 3.98. The fourth-order valence-corrected chi connectivity index (χ4v) is 2.61. The Kier molecular flexibility index (Phi) is 5.31. The second kappa shape index (κ2) is 7.00. The quantitative estimate of drug-likeness (QED) is 0.877. The lowest BCUT2D eigenvalue weighted by Gasteiger charge is -2.12. The second-order valence-electron chi connectivity index (χ2n) is 5.93. The number of benzene rings is 1. The molecule has 0 saturated heterocycles. The molecule has 2 aromatic rings. The van der Waals surface area contributed by atoms with E-state index in [1.165, 1.54) is 22.7 Å². The molecule has 1 aromatic heterocycles. The van der Waals surface area contributed by atoms with Crippen molar-refractivity contribution in [2.24, 2.45) is 0 Å². The van der Waals surface area contributed by atoms with Gasteiger partial charge in [-0.1, -0.05) is 45.0 Å². The molecule has 0 atom stereocenters. The van der Waals surface area contributed by atoms with Crippen LogP contribution in [0.3, 0.4) is 0 Å². The number of ether oxygens (including phenoxy) is 1. The van der Waals surface area contributed by atoms with Crippen LogP contribution in [0.1, 0.15) is 44.6 Å². The van der Waals surface area contributed by atoms with Crippen molar-refractivity contribution in [2.45, 2.75) is 46.3 Å². The largest absolute Gasteiger partial charge is 0.377 e. The molecule has 21 heavy (non-hydrogen) atoms. The zero-order valence-electron chi connectivity index (χ0n) is 13.1. The number of nitrogens with zero attached hydrogens (tertiary/aromatic N) is 2. The number of nitrogens with one attached hydrogen (secondary N) is 1. The highest BCUT2D eigenvalue weighted by Gasteiger charge is 2.19. The van der Waals surface area contributed by atoms with Crippen LogP contribution in [-0.4, -0.2) is 16.0 Å². The third kappa shape index (κ3) is 4.51. The first-order chi connectivity index (χ1) is 10.0. The van der Waals surface area contributed by atoms with Crippen molar-refractivity contribution in [3.8, 4) is 0 Å². The van der Waals surface area contributed by atoms with Gasteiger partial charge in [-0.3, -0.25) is 0 Å². The van der Waals surface area contributed by atoms with E-state index in [9.17, 15) is 0 Å². The maximum Gasteiger partial charge on any atom is 0.202 e. The molecule has 0 amide bonds. The van der Waals surface area contributed by atoms with Crippen LogP contribution in [0.5, 0.6) is 0 Å². The van der Waals surface area contributed by atoms with Crippen LogP contribution in [-0.2, 0) is 23.3 Å². The van der Waals surface area contributed by atoms with Crippen molar-refractivity contribution < 1.29 is 4.74 Å². The van der Waals surface area contributed by atoms with Crippen molar-refractivity contribution in [3.63, 3.8) is 0 Å². The molecule has 0 bridgehead atoms. The summed E-state index contributed by atoms with van der Waals surface area (Å²) in [7, 11) is 0. The lowest BCUT2D eigenvalue weighted by Crippen LogP contribution is -2.13. The topological polar surface area (TPSA) is 47.0 Å². The minimum Gasteiger partial charge on any atom is -0.377 e. The number of anilines is 1. The zero-order valence-corrected chi connectivity index (χ0v) is 14.0. The van der Waals surface area contributed by atoms with E-state index < -0.39 is 0 Å². The molecule has 4 nitrogen and oxygen atoms in total. The Labute approximate surface area is 130 Å². The first-order valence-electron chi connectivity index (χ1n) is 7.23. The molecule has 0 saturated carbocycles. The molecule has 0 fully saturated rings. The molecular weight excluding hydrogens is 282 g/mol. The van der Waals surface area contributed by atoms with E-state index in [2.05, 4.69) is 47.6 Å². The van der Waals surface area contributed by atoms with Gasteiger partial charge in [0.1, 0.15) is 5.82 Å². The minimum atomic E-state index is -0.0106. The van der Waals surface area contributed by atoms with Crippen LogP contribution in [0.4, 0.5) is 5.13 Å².